The van der Waals surface area contributed by atoms with Crippen molar-refractivity contribution in [1.29, 1.82) is 0 Å². The zero-order chi connectivity index (χ0) is 10.6. The summed E-state index contributed by atoms with van der Waals surface area (Å²) in [7, 11) is -3.91. The van der Waals surface area contributed by atoms with Gasteiger partial charge in [-0.1, -0.05) is 30.4 Å². The summed E-state index contributed by atoms with van der Waals surface area (Å²) in [5, 5.41) is 0. The van der Waals surface area contributed by atoms with Crippen molar-refractivity contribution in [2.75, 3.05) is 5.88 Å². The fourth-order valence-electron chi connectivity index (χ4n) is 0.751. The molecule has 0 amide bonds. The van der Waals surface area contributed by atoms with E-state index in [4.69, 9.17) is 16.1 Å². The van der Waals surface area contributed by atoms with Gasteiger partial charge in [0.2, 0.25) is 0 Å². The average molecular weight is 251 g/mol. The van der Waals surface area contributed by atoms with Gasteiger partial charge in [-0.2, -0.15) is 0 Å². The number of alkyl halides is 1. The molecule has 0 saturated carbocycles. The molecule has 0 aliphatic heterocycles. The molecule has 0 saturated heterocycles. The molecule has 0 aliphatic rings. The van der Waals surface area contributed by atoms with Crippen molar-refractivity contribution >= 4 is 36.0 Å². The molecular weight excluding hydrogens is 243 g/mol. The van der Waals surface area contributed by atoms with E-state index >= 15 is 0 Å². The van der Waals surface area contributed by atoms with Crippen molar-refractivity contribution in [2.45, 2.75) is 0 Å². The van der Waals surface area contributed by atoms with Crippen LogP contribution in [-0.2, 0) is 4.57 Å². The molecular formula is C8H8ClO3PS. The van der Waals surface area contributed by atoms with Gasteiger partial charge in [-0.15, -0.1) is 11.6 Å². The Kier molecular flexibility index (Phi) is 4.08. The van der Waals surface area contributed by atoms with E-state index in [1.807, 2.05) is 0 Å². The van der Waals surface area contributed by atoms with Crippen LogP contribution in [0.15, 0.2) is 30.3 Å². The molecule has 1 aromatic rings. The summed E-state index contributed by atoms with van der Waals surface area (Å²) in [6.07, 6.45) is 0. The molecule has 0 bridgehead atoms. The number of thiocarbonyl (C=S) groups is 1. The first-order chi connectivity index (χ1) is 6.56. The highest BCUT2D eigenvalue weighted by atomic mass is 35.5. The Morgan fingerprint density at radius 1 is 1.50 bits per heavy atom. The van der Waals surface area contributed by atoms with Crippen LogP contribution in [0.2, 0.25) is 0 Å². The predicted octanol–water partition coefficient (Wildman–Crippen LogP) is 2.82. The smallest absolute Gasteiger partial charge is 0.416 e. The van der Waals surface area contributed by atoms with Crippen molar-refractivity contribution in [1.82, 2.24) is 0 Å². The lowest BCUT2D eigenvalue weighted by molar-refractivity contribution is 0.397. The minimum absolute atomic E-state index is 0.171. The van der Waals surface area contributed by atoms with Crippen LogP contribution < -0.4 is 4.52 Å². The van der Waals surface area contributed by atoms with Crippen LogP contribution in [0, 0.1) is 0 Å². The summed E-state index contributed by atoms with van der Waals surface area (Å²) >= 11 is 9.97. The lowest BCUT2D eigenvalue weighted by atomic mass is 10.3. The van der Waals surface area contributed by atoms with E-state index in [1.165, 1.54) is 0 Å². The summed E-state index contributed by atoms with van der Waals surface area (Å²) in [6.45, 7) is 0. The molecule has 1 N–H and O–H groups in total. The van der Waals surface area contributed by atoms with Crippen LogP contribution in [0.5, 0.6) is 5.75 Å². The van der Waals surface area contributed by atoms with Gasteiger partial charge in [0.25, 0.3) is 0 Å². The van der Waals surface area contributed by atoms with Crippen molar-refractivity contribution in [2.24, 2.45) is 0 Å². The molecule has 6 heteroatoms. The molecule has 3 nitrogen and oxygen atoms in total. The van der Waals surface area contributed by atoms with Gasteiger partial charge in [-0.25, -0.2) is 4.57 Å². The standard InChI is InChI=1S/C8H8ClO3PS/c9-6-8(14)13(10,11)12-7-4-2-1-3-5-7/h1-5H,6H2,(H,10,11). The van der Waals surface area contributed by atoms with Crippen molar-refractivity contribution in [3.05, 3.63) is 30.3 Å². The Morgan fingerprint density at radius 3 is 2.57 bits per heavy atom. The molecule has 76 valence electrons. The predicted molar refractivity (Wildman–Crippen MR) is 60.2 cm³/mol. The lowest BCUT2D eigenvalue weighted by Crippen LogP contribution is -2.03. The second-order valence-corrected chi connectivity index (χ2v) is 5.28. The first-order valence-corrected chi connectivity index (χ1v) is 6.25. The molecule has 0 radical (unpaired) electrons. The monoisotopic (exact) mass is 250 g/mol. The number of hydrogen-bond acceptors (Lipinski definition) is 3. The van der Waals surface area contributed by atoms with Gasteiger partial charge in [-0.3, -0.25) is 0 Å². The Bertz CT molecular complexity index is 368. The Hall–Kier alpha value is -0.410. The van der Waals surface area contributed by atoms with Gasteiger partial charge in [0.1, 0.15) is 10.4 Å². The summed E-state index contributed by atoms with van der Waals surface area (Å²) in [6, 6.07) is 8.30. The Balaban J connectivity index is 2.79. The van der Waals surface area contributed by atoms with Crippen LogP contribution in [0.4, 0.5) is 0 Å². The fourth-order valence-corrected chi connectivity index (χ4v) is 1.98. The summed E-state index contributed by atoms with van der Waals surface area (Å²) in [4.78, 5) is 9.34. The molecule has 0 aliphatic carbocycles. The van der Waals surface area contributed by atoms with E-state index in [1.54, 1.807) is 30.3 Å². The van der Waals surface area contributed by atoms with Gasteiger partial charge in [0.05, 0.1) is 5.88 Å². The highest BCUT2D eigenvalue weighted by molar-refractivity contribution is 7.97. The van der Waals surface area contributed by atoms with E-state index < -0.39 is 7.60 Å². The number of hydrogen-bond donors (Lipinski definition) is 1. The maximum absolute atomic E-state index is 11.4. The van der Waals surface area contributed by atoms with Gasteiger partial charge in [0, 0.05) is 0 Å². The number of halogens is 1. The number of rotatable bonds is 4. The second kappa shape index (κ2) is 4.89. The first kappa shape index (κ1) is 11.7. The van der Waals surface area contributed by atoms with Gasteiger partial charge in [0.15, 0.2) is 0 Å². The molecule has 0 heterocycles. The van der Waals surface area contributed by atoms with Crippen LogP contribution in [0.1, 0.15) is 0 Å². The molecule has 1 unspecified atom stereocenters. The van der Waals surface area contributed by atoms with Gasteiger partial charge in [-0.05, 0) is 12.1 Å². The van der Waals surface area contributed by atoms with Crippen LogP contribution in [0.3, 0.4) is 0 Å². The molecule has 0 fully saturated rings. The molecule has 14 heavy (non-hydrogen) atoms. The summed E-state index contributed by atoms with van der Waals surface area (Å²) in [5.74, 6) is 0.126. The maximum atomic E-state index is 11.4. The minimum Gasteiger partial charge on any atom is -0.421 e. The first-order valence-electron chi connectivity index (χ1n) is 3.73. The molecule has 1 aromatic carbocycles. The topological polar surface area (TPSA) is 46.5 Å². The largest absolute Gasteiger partial charge is 0.421 e. The van der Waals surface area contributed by atoms with Crippen LogP contribution >= 0.6 is 31.4 Å². The van der Waals surface area contributed by atoms with Crippen molar-refractivity contribution in [3.63, 3.8) is 0 Å². The molecule has 1 atom stereocenters. The second-order valence-electron chi connectivity index (χ2n) is 2.45. The molecule has 0 aromatic heterocycles. The van der Waals surface area contributed by atoms with Crippen LogP contribution in [-0.4, -0.2) is 15.4 Å². The zero-order valence-electron chi connectivity index (χ0n) is 7.09. The summed E-state index contributed by atoms with van der Waals surface area (Å²) < 4.78 is 16.1. The minimum atomic E-state index is -3.91. The van der Waals surface area contributed by atoms with Crippen molar-refractivity contribution < 1.29 is 14.0 Å². The number of benzene rings is 1. The average Bonchev–Trinajstić information content (AvgIpc) is 2.17. The third kappa shape index (κ3) is 3.07. The van der Waals surface area contributed by atoms with E-state index in [9.17, 15) is 9.46 Å². The number of para-hydroxylation sites is 1. The van der Waals surface area contributed by atoms with E-state index in [-0.39, 0.29) is 10.5 Å². The fraction of sp³-hybridized carbons (Fsp3) is 0.125. The SMILES string of the molecule is O=P(O)(Oc1ccccc1)C(=S)CCl. The quantitative estimate of drug-likeness (QED) is 0.507. The Morgan fingerprint density at radius 2 is 2.07 bits per heavy atom. The van der Waals surface area contributed by atoms with E-state index in [2.05, 4.69) is 12.2 Å². The maximum Gasteiger partial charge on any atom is 0.416 e. The van der Waals surface area contributed by atoms with Gasteiger partial charge >= 0.3 is 7.60 Å². The molecule has 0 spiro atoms. The third-order valence-corrected chi connectivity index (χ3v) is 4.10. The molecule has 1 rings (SSSR count). The zero-order valence-corrected chi connectivity index (χ0v) is 9.56. The van der Waals surface area contributed by atoms with Gasteiger partial charge < -0.3 is 9.42 Å². The van der Waals surface area contributed by atoms with Crippen LogP contribution in [0.25, 0.3) is 0 Å². The normalized spacial score (nSPS) is 14.4. The highest BCUT2D eigenvalue weighted by Crippen LogP contribution is 2.44. The lowest BCUT2D eigenvalue weighted by Gasteiger charge is -2.12. The highest BCUT2D eigenvalue weighted by Gasteiger charge is 2.26. The summed E-state index contributed by atoms with van der Waals surface area (Å²) in [5.41, 5.74) is 0. The Labute approximate surface area is 92.2 Å². The third-order valence-electron chi connectivity index (χ3n) is 1.40. The van der Waals surface area contributed by atoms with E-state index in [0.29, 0.717) is 5.75 Å². The van der Waals surface area contributed by atoms with E-state index in [0.717, 1.165) is 0 Å². The van der Waals surface area contributed by atoms with Crippen molar-refractivity contribution in [3.8, 4) is 5.75 Å².